The van der Waals surface area contributed by atoms with E-state index in [2.05, 4.69) is 5.32 Å². The van der Waals surface area contributed by atoms with Gasteiger partial charge in [0.05, 0.1) is 28.3 Å². The maximum atomic E-state index is 13.0. The van der Waals surface area contributed by atoms with Crippen molar-refractivity contribution in [2.24, 2.45) is 0 Å². The molecule has 1 saturated heterocycles. The lowest BCUT2D eigenvalue weighted by molar-refractivity contribution is -0.307. The third-order valence-corrected chi connectivity index (χ3v) is 4.74. The minimum atomic E-state index is -1.47. The van der Waals surface area contributed by atoms with Crippen LogP contribution in [0.2, 0.25) is 10.0 Å². The number of benzene rings is 2. The van der Waals surface area contributed by atoms with E-state index in [1.54, 1.807) is 12.1 Å². The fraction of sp³-hybridized carbons (Fsp3) is 0.143. The number of carbonyl (C=O) groups is 4. The number of halogens is 2. The summed E-state index contributed by atoms with van der Waals surface area (Å²) in [4.78, 5) is 49.0. The quantitative estimate of drug-likeness (QED) is 0.478. The van der Waals surface area contributed by atoms with Gasteiger partial charge >= 0.3 is 6.03 Å². The van der Waals surface area contributed by atoms with Gasteiger partial charge in [-0.25, -0.2) is 9.69 Å². The highest BCUT2D eigenvalue weighted by molar-refractivity contribution is 6.40. The summed E-state index contributed by atoms with van der Waals surface area (Å²) < 4.78 is 10.3. The molecule has 3 rings (SSSR count). The second-order valence-corrected chi connectivity index (χ2v) is 7.17. The van der Waals surface area contributed by atoms with Crippen LogP contribution in [0, 0.1) is 0 Å². The van der Waals surface area contributed by atoms with E-state index < -0.39 is 30.4 Å². The van der Waals surface area contributed by atoms with Gasteiger partial charge in [-0.3, -0.25) is 14.9 Å². The van der Waals surface area contributed by atoms with E-state index >= 15 is 0 Å². The average molecular weight is 478 g/mol. The van der Waals surface area contributed by atoms with Gasteiger partial charge in [0.25, 0.3) is 11.8 Å². The van der Waals surface area contributed by atoms with E-state index in [1.165, 1.54) is 30.3 Å². The third kappa shape index (κ3) is 5.01. The van der Waals surface area contributed by atoms with Crippen LogP contribution in [0.15, 0.2) is 42.0 Å². The zero-order valence-electron chi connectivity index (χ0n) is 16.5. The van der Waals surface area contributed by atoms with E-state index in [4.69, 9.17) is 32.7 Å². The van der Waals surface area contributed by atoms with Gasteiger partial charge in [-0.05, 0) is 55.0 Å². The zero-order valence-corrected chi connectivity index (χ0v) is 18.0. The van der Waals surface area contributed by atoms with E-state index in [9.17, 15) is 24.3 Å². The molecule has 32 heavy (non-hydrogen) atoms. The molecular formula is C21H15Cl2N2O7-. The third-order valence-electron chi connectivity index (χ3n) is 4.17. The van der Waals surface area contributed by atoms with E-state index in [0.717, 1.165) is 4.90 Å². The molecule has 1 N–H and O–H groups in total. The molecule has 0 saturated carbocycles. The summed E-state index contributed by atoms with van der Waals surface area (Å²) in [5, 5.41) is 12.6. The monoisotopic (exact) mass is 477 g/mol. The highest BCUT2D eigenvalue weighted by Crippen LogP contribution is 2.35. The Morgan fingerprint density at radius 2 is 1.72 bits per heavy atom. The van der Waals surface area contributed by atoms with Crippen molar-refractivity contribution in [3.63, 3.8) is 0 Å². The number of barbiturate groups is 1. The first kappa shape index (κ1) is 23.1. The molecule has 2 aromatic rings. The molecule has 0 spiro atoms. The van der Waals surface area contributed by atoms with Gasteiger partial charge in [0, 0.05) is 0 Å². The van der Waals surface area contributed by atoms with Crippen molar-refractivity contribution in [2.75, 3.05) is 18.1 Å². The number of carboxylic acid groups (broad SMARTS) is 1. The number of nitrogens with zero attached hydrogens (tertiary/aromatic N) is 1. The SMILES string of the molecule is CCOc1ccc(N2C(=O)NC(=O)/C(=C/c3cc(Cl)c(OCC(=O)[O-])c(Cl)c3)C2=O)cc1. The molecule has 0 unspecified atom stereocenters. The number of imide groups is 2. The number of ether oxygens (including phenoxy) is 2. The van der Waals surface area contributed by atoms with Crippen molar-refractivity contribution in [2.45, 2.75) is 6.92 Å². The Kier molecular flexibility index (Phi) is 7.01. The summed E-state index contributed by atoms with van der Waals surface area (Å²) >= 11 is 12.2. The second-order valence-electron chi connectivity index (χ2n) is 6.36. The predicted molar refractivity (Wildman–Crippen MR) is 114 cm³/mol. The summed E-state index contributed by atoms with van der Waals surface area (Å²) in [6, 6.07) is 7.93. The average Bonchev–Trinajstić information content (AvgIpc) is 2.71. The number of hydrogen-bond acceptors (Lipinski definition) is 7. The smallest absolute Gasteiger partial charge is 0.335 e. The van der Waals surface area contributed by atoms with Gasteiger partial charge in [-0.15, -0.1) is 0 Å². The lowest BCUT2D eigenvalue weighted by atomic mass is 10.1. The van der Waals surface area contributed by atoms with Gasteiger partial charge in [0.2, 0.25) is 0 Å². The molecule has 1 aliphatic rings. The van der Waals surface area contributed by atoms with E-state index in [-0.39, 0.29) is 32.6 Å². The second kappa shape index (κ2) is 9.71. The molecule has 1 heterocycles. The number of carboxylic acids is 1. The maximum Gasteiger partial charge on any atom is 0.335 e. The first-order valence-corrected chi connectivity index (χ1v) is 9.93. The Morgan fingerprint density at radius 1 is 1.09 bits per heavy atom. The number of aliphatic carboxylic acids is 1. The van der Waals surface area contributed by atoms with Crippen LogP contribution in [-0.2, 0) is 14.4 Å². The van der Waals surface area contributed by atoms with E-state index in [1.807, 2.05) is 6.92 Å². The summed E-state index contributed by atoms with van der Waals surface area (Å²) in [5.41, 5.74) is 0.144. The summed E-state index contributed by atoms with van der Waals surface area (Å²) in [6.07, 6.45) is 1.20. The largest absolute Gasteiger partial charge is 0.546 e. The van der Waals surface area contributed by atoms with Crippen LogP contribution < -0.4 is 24.8 Å². The molecule has 0 atom stereocenters. The van der Waals surface area contributed by atoms with Crippen LogP contribution in [-0.4, -0.2) is 37.0 Å². The minimum Gasteiger partial charge on any atom is -0.546 e. The normalized spacial score (nSPS) is 15.0. The van der Waals surface area contributed by atoms with Gasteiger partial charge < -0.3 is 19.4 Å². The zero-order chi connectivity index (χ0) is 23.4. The van der Waals surface area contributed by atoms with Crippen molar-refractivity contribution < 1.29 is 33.8 Å². The Hall–Kier alpha value is -3.56. The summed E-state index contributed by atoms with van der Waals surface area (Å²) in [5.74, 6) is -2.76. The topological polar surface area (TPSA) is 125 Å². The van der Waals surface area contributed by atoms with Gasteiger partial charge in [-0.2, -0.15) is 0 Å². The fourth-order valence-corrected chi connectivity index (χ4v) is 3.46. The highest BCUT2D eigenvalue weighted by Gasteiger charge is 2.36. The molecule has 1 aliphatic heterocycles. The highest BCUT2D eigenvalue weighted by atomic mass is 35.5. The number of carbonyl (C=O) groups excluding carboxylic acids is 4. The molecule has 166 valence electrons. The van der Waals surface area contributed by atoms with Crippen LogP contribution in [0.25, 0.3) is 6.08 Å². The standard InChI is InChI=1S/C21H16Cl2N2O7/c1-2-31-13-5-3-12(4-6-13)25-20(29)14(19(28)24-21(25)30)7-11-8-15(22)18(16(23)9-11)32-10-17(26)27/h3-9H,2,10H2,1H3,(H,26,27)(H,24,28,30)/p-1/b14-7-. The first-order chi connectivity index (χ1) is 15.2. The number of nitrogens with one attached hydrogen (secondary N) is 1. The van der Waals surface area contributed by atoms with Crippen LogP contribution in [0.1, 0.15) is 12.5 Å². The van der Waals surface area contributed by atoms with Crippen molar-refractivity contribution in [1.82, 2.24) is 5.32 Å². The molecule has 9 nitrogen and oxygen atoms in total. The number of amides is 4. The molecule has 1 fully saturated rings. The fourth-order valence-electron chi connectivity index (χ4n) is 2.85. The Balaban J connectivity index is 1.93. The van der Waals surface area contributed by atoms with Crippen molar-refractivity contribution >= 4 is 58.8 Å². The van der Waals surface area contributed by atoms with Crippen molar-refractivity contribution in [3.05, 3.63) is 57.6 Å². The first-order valence-electron chi connectivity index (χ1n) is 9.17. The summed E-state index contributed by atoms with van der Waals surface area (Å²) in [7, 11) is 0. The van der Waals surface area contributed by atoms with Crippen LogP contribution in [0.3, 0.4) is 0 Å². The Morgan fingerprint density at radius 3 is 2.28 bits per heavy atom. The van der Waals surface area contributed by atoms with Crippen LogP contribution in [0.4, 0.5) is 10.5 Å². The van der Waals surface area contributed by atoms with Gasteiger partial charge in [0.15, 0.2) is 5.75 Å². The van der Waals surface area contributed by atoms with E-state index in [0.29, 0.717) is 12.4 Å². The molecule has 0 radical (unpaired) electrons. The molecule has 2 aromatic carbocycles. The lowest BCUT2D eigenvalue weighted by Gasteiger charge is -2.26. The van der Waals surface area contributed by atoms with Gasteiger partial charge in [-0.1, -0.05) is 23.2 Å². The summed E-state index contributed by atoms with van der Waals surface area (Å²) in [6.45, 7) is 1.50. The van der Waals surface area contributed by atoms with Crippen molar-refractivity contribution in [3.8, 4) is 11.5 Å². The number of anilines is 1. The molecule has 0 aliphatic carbocycles. The molecular weight excluding hydrogens is 463 g/mol. The number of urea groups is 1. The minimum absolute atomic E-state index is 0.0475. The predicted octanol–water partition coefficient (Wildman–Crippen LogP) is 2.19. The van der Waals surface area contributed by atoms with Crippen LogP contribution in [0.5, 0.6) is 11.5 Å². The Bertz CT molecular complexity index is 1110. The lowest BCUT2D eigenvalue weighted by Crippen LogP contribution is -2.54. The van der Waals surface area contributed by atoms with Crippen LogP contribution >= 0.6 is 23.2 Å². The molecule has 0 aromatic heterocycles. The maximum absolute atomic E-state index is 13.0. The molecule has 0 bridgehead atoms. The molecule has 11 heteroatoms. The van der Waals surface area contributed by atoms with Gasteiger partial charge in [0.1, 0.15) is 17.9 Å². The molecule has 4 amide bonds. The van der Waals surface area contributed by atoms with Crippen molar-refractivity contribution in [1.29, 1.82) is 0 Å². The number of rotatable bonds is 7. The Labute approximate surface area is 192 Å². The number of hydrogen-bond donors (Lipinski definition) is 1.